The maximum Gasteiger partial charge on any atom is 0.269 e. The molecule has 0 amide bonds. The van der Waals surface area contributed by atoms with E-state index in [0.29, 0.717) is 17.3 Å². The number of non-ortho nitro benzene ring substituents is 1. The molecule has 7 nitrogen and oxygen atoms in total. The minimum absolute atomic E-state index is 0.0486. The topological polar surface area (TPSA) is 85.3 Å². The molecule has 2 aromatic rings. The number of nitro benzene ring substituents is 1. The van der Waals surface area contributed by atoms with Crippen LogP contribution in [-0.4, -0.2) is 33.1 Å². The van der Waals surface area contributed by atoms with Crippen molar-refractivity contribution in [3.8, 4) is 11.5 Å². The molecule has 1 aromatic heterocycles. The summed E-state index contributed by atoms with van der Waals surface area (Å²) in [5.41, 5.74) is 0.742. The molecular formula is C17H22N4O3. The van der Waals surface area contributed by atoms with Crippen LogP contribution in [0, 0.1) is 10.1 Å². The number of nitro groups is 1. The number of hydrogen-bond acceptors (Lipinski definition) is 6. The number of hydrogen-bond donors (Lipinski definition) is 0. The fraction of sp³-hybridized carbons (Fsp3) is 0.529. The Balaban J connectivity index is 1.72. The normalized spacial score (nSPS) is 17.9. The quantitative estimate of drug-likeness (QED) is 0.623. The summed E-state index contributed by atoms with van der Waals surface area (Å²) < 4.78 is 5.82. The van der Waals surface area contributed by atoms with Gasteiger partial charge in [0.2, 0.25) is 11.8 Å². The number of benzene rings is 1. The van der Waals surface area contributed by atoms with E-state index in [1.165, 1.54) is 44.2 Å². The predicted molar refractivity (Wildman–Crippen MR) is 89.5 cm³/mol. The molecule has 0 N–H and O–H groups in total. The summed E-state index contributed by atoms with van der Waals surface area (Å²) in [7, 11) is 0. The van der Waals surface area contributed by atoms with Gasteiger partial charge in [0.1, 0.15) is 0 Å². The van der Waals surface area contributed by atoms with Crippen LogP contribution in [0.15, 0.2) is 28.7 Å². The Bertz CT molecular complexity index is 675. The third-order valence-electron chi connectivity index (χ3n) is 4.56. The predicted octanol–water partition coefficient (Wildman–Crippen LogP) is 3.97. The molecule has 128 valence electrons. The van der Waals surface area contributed by atoms with E-state index in [0.717, 1.165) is 13.1 Å². The van der Waals surface area contributed by atoms with E-state index in [1.807, 2.05) is 0 Å². The second-order valence-electron chi connectivity index (χ2n) is 6.23. The van der Waals surface area contributed by atoms with Crippen LogP contribution in [0.5, 0.6) is 0 Å². The zero-order valence-corrected chi connectivity index (χ0v) is 13.9. The molecule has 1 aliphatic rings. The van der Waals surface area contributed by atoms with Crippen molar-refractivity contribution in [2.24, 2.45) is 0 Å². The molecule has 2 heterocycles. The van der Waals surface area contributed by atoms with Crippen molar-refractivity contribution < 1.29 is 9.34 Å². The Morgan fingerprint density at radius 1 is 1.08 bits per heavy atom. The average molecular weight is 330 g/mol. The molecule has 1 aliphatic heterocycles. The Morgan fingerprint density at radius 3 is 2.33 bits per heavy atom. The van der Waals surface area contributed by atoms with E-state index in [9.17, 15) is 10.1 Å². The van der Waals surface area contributed by atoms with Gasteiger partial charge in [-0.1, -0.05) is 19.3 Å². The maximum absolute atomic E-state index is 10.7. The van der Waals surface area contributed by atoms with Gasteiger partial charge in [-0.3, -0.25) is 15.0 Å². The van der Waals surface area contributed by atoms with Gasteiger partial charge in [0, 0.05) is 17.7 Å². The SMILES string of the molecule is C[C@H](c1nnc(-c2ccc([N+](=O)[O-])cc2)o1)N1CCCCCCC1. The van der Waals surface area contributed by atoms with E-state index < -0.39 is 4.92 Å². The molecule has 0 saturated carbocycles. The van der Waals surface area contributed by atoms with Crippen molar-refractivity contribution in [2.45, 2.75) is 45.1 Å². The second kappa shape index (κ2) is 7.53. The first-order valence-corrected chi connectivity index (χ1v) is 8.47. The highest BCUT2D eigenvalue weighted by atomic mass is 16.6. The molecule has 0 radical (unpaired) electrons. The molecule has 0 spiro atoms. The maximum atomic E-state index is 10.7. The molecule has 1 aromatic carbocycles. The van der Waals surface area contributed by atoms with Crippen LogP contribution in [0.25, 0.3) is 11.5 Å². The highest BCUT2D eigenvalue weighted by Gasteiger charge is 2.22. The highest BCUT2D eigenvalue weighted by molar-refractivity contribution is 5.55. The van der Waals surface area contributed by atoms with Crippen LogP contribution in [0.1, 0.15) is 51.0 Å². The lowest BCUT2D eigenvalue weighted by molar-refractivity contribution is -0.384. The zero-order chi connectivity index (χ0) is 16.9. The molecule has 1 fully saturated rings. The van der Waals surface area contributed by atoms with E-state index in [1.54, 1.807) is 12.1 Å². The van der Waals surface area contributed by atoms with E-state index in [2.05, 4.69) is 22.0 Å². The third-order valence-corrected chi connectivity index (χ3v) is 4.56. The van der Waals surface area contributed by atoms with Crippen molar-refractivity contribution in [1.29, 1.82) is 0 Å². The summed E-state index contributed by atoms with van der Waals surface area (Å²) in [6.45, 7) is 4.20. The minimum Gasteiger partial charge on any atom is -0.419 e. The summed E-state index contributed by atoms with van der Waals surface area (Å²) in [4.78, 5) is 12.7. The minimum atomic E-state index is -0.424. The summed E-state index contributed by atoms with van der Waals surface area (Å²) in [5, 5.41) is 19.0. The van der Waals surface area contributed by atoms with Crippen LogP contribution < -0.4 is 0 Å². The highest BCUT2D eigenvalue weighted by Crippen LogP contribution is 2.26. The molecular weight excluding hydrogens is 308 g/mol. The lowest BCUT2D eigenvalue weighted by Gasteiger charge is -2.28. The first-order chi connectivity index (χ1) is 11.6. The summed E-state index contributed by atoms with van der Waals surface area (Å²) in [6.07, 6.45) is 6.29. The van der Waals surface area contributed by atoms with Crippen LogP contribution in [0.4, 0.5) is 5.69 Å². The van der Waals surface area contributed by atoms with Gasteiger partial charge in [-0.25, -0.2) is 0 Å². The standard InChI is InChI=1S/C17H22N4O3/c1-13(20-11-5-3-2-4-6-12-20)16-18-19-17(24-16)14-7-9-15(10-8-14)21(22)23/h7-10,13H,2-6,11-12H2,1H3/t13-/m1/s1. The van der Waals surface area contributed by atoms with Gasteiger partial charge in [-0.2, -0.15) is 0 Å². The van der Waals surface area contributed by atoms with Gasteiger partial charge in [-0.05, 0) is 45.0 Å². The van der Waals surface area contributed by atoms with Gasteiger partial charge < -0.3 is 4.42 Å². The zero-order valence-electron chi connectivity index (χ0n) is 13.9. The van der Waals surface area contributed by atoms with E-state index in [4.69, 9.17) is 4.42 Å². The molecule has 0 unspecified atom stereocenters. The molecule has 7 heteroatoms. The molecule has 24 heavy (non-hydrogen) atoms. The van der Waals surface area contributed by atoms with Crippen LogP contribution in [0.2, 0.25) is 0 Å². The monoisotopic (exact) mass is 330 g/mol. The average Bonchev–Trinajstić information content (AvgIpc) is 3.04. The van der Waals surface area contributed by atoms with Crippen molar-refractivity contribution in [2.75, 3.05) is 13.1 Å². The van der Waals surface area contributed by atoms with Gasteiger partial charge >= 0.3 is 0 Å². The van der Waals surface area contributed by atoms with Crippen LogP contribution >= 0.6 is 0 Å². The van der Waals surface area contributed by atoms with Crippen LogP contribution in [-0.2, 0) is 0 Å². The molecule has 0 aliphatic carbocycles. The van der Waals surface area contributed by atoms with Crippen molar-refractivity contribution >= 4 is 5.69 Å². The molecule has 1 saturated heterocycles. The van der Waals surface area contributed by atoms with Gasteiger partial charge in [0.25, 0.3) is 5.69 Å². The Hall–Kier alpha value is -2.28. The van der Waals surface area contributed by atoms with Crippen molar-refractivity contribution in [1.82, 2.24) is 15.1 Å². The van der Waals surface area contributed by atoms with Crippen molar-refractivity contribution in [3.05, 3.63) is 40.3 Å². The van der Waals surface area contributed by atoms with Crippen molar-refractivity contribution in [3.63, 3.8) is 0 Å². The van der Waals surface area contributed by atoms with Gasteiger partial charge in [0.15, 0.2) is 0 Å². The number of likely N-dealkylation sites (tertiary alicyclic amines) is 1. The smallest absolute Gasteiger partial charge is 0.269 e. The Labute approximate surface area is 140 Å². The summed E-state index contributed by atoms with van der Waals surface area (Å²) >= 11 is 0. The van der Waals surface area contributed by atoms with Gasteiger partial charge in [0.05, 0.1) is 11.0 Å². The Morgan fingerprint density at radius 2 is 1.71 bits per heavy atom. The van der Waals surface area contributed by atoms with Gasteiger partial charge in [-0.15, -0.1) is 10.2 Å². The first-order valence-electron chi connectivity index (χ1n) is 8.47. The largest absolute Gasteiger partial charge is 0.419 e. The lowest BCUT2D eigenvalue weighted by atomic mass is 10.1. The lowest BCUT2D eigenvalue weighted by Crippen LogP contribution is -2.30. The Kier molecular flexibility index (Phi) is 5.20. The molecule has 3 rings (SSSR count). The second-order valence-corrected chi connectivity index (χ2v) is 6.23. The summed E-state index contributed by atoms with van der Waals surface area (Å²) in [5.74, 6) is 1.00. The first kappa shape index (κ1) is 16.6. The van der Waals surface area contributed by atoms with E-state index >= 15 is 0 Å². The number of aromatic nitrogens is 2. The van der Waals surface area contributed by atoms with Crippen LogP contribution in [0.3, 0.4) is 0 Å². The number of rotatable bonds is 4. The molecule has 1 atom stereocenters. The fourth-order valence-electron chi connectivity index (χ4n) is 3.06. The summed E-state index contributed by atoms with van der Waals surface area (Å²) in [6, 6.07) is 6.25. The molecule has 0 bridgehead atoms. The van der Waals surface area contributed by atoms with E-state index in [-0.39, 0.29) is 11.7 Å². The third kappa shape index (κ3) is 3.79. The number of nitrogens with zero attached hydrogens (tertiary/aromatic N) is 4. The fourth-order valence-corrected chi connectivity index (χ4v) is 3.06.